The number of hydrogen-bond donors (Lipinski definition) is 2. The van der Waals surface area contributed by atoms with E-state index in [-0.39, 0.29) is 17.4 Å². The Balaban J connectivity index is 1.92. The molecule has 2 aliphatic rings. The van der Waals surface area contributed by atoms with Gasteiger partial charge in [-0.05, 0) is 37.1 Å². The molecular weight excluding hydrogens is 240 g/mol. The van der Waals surface area contributed by atoms with Crippen molar-refractivity contribution in [3.63, 3.8) is 0 Å². The van der Waals surface area contributed by atoms with Gasteiger partial charge in [0, 0.05) is 19.5 Å². The molecule has 0 aromatic heterocycles. The van der Waals surface area contributed by atoms with Gasteiger partial charge in [0.15, 0.2) is 0 Å². The Morgan fingerprint density at radius 3 is 2.63 bits per heavy atom. The predicted octanol–water partition coefficient (Wildman–Crippen LogP) is 1.51. The minimum Gasteiger partial charge on any atom is -0.391 e. The Kier molecular flexibility index (Phi) is 4.85. The summed E-state index contributed by atoms with van der Waals surface area (Å²) in [5.74, 6) is 0.500. The van der Waals surface area contributed by atoms with Gasteiger partial charge in [-0.15, -0.1) is 0 Å². The van der Waals surface area contributed by atoms with Crippen LogP contribution in [0.1, 0.15) is 51.9 Å². The fourth-order valence-electron chi connectivity index (χ4n) is 3.46. The molecule has 0 aromatic carbocycles. The molecule has 1 saturated carbocycles. The van der Waals surface area contributed by atoms with Crippen LogP contribution in [0.5, 0.6) is 0 Å². The fourth-order valence-corrected chi connectivity index (χ4v) is 3.46. The van der Waals surface area contributed by atoms with Gasteiger partial charge in [-0.2, -0.15) is 0 Å². The SMILES string of the molecule is CC1CCN(C(=O)CC2(CN)CCCCC2)CC1O. The van der Waals surface area contributed by atoms with Crippen LogP contribution < -0.4 is 5.73 Å². The van der Waals surface area contributed by atoms with E-state index in [1.165, 1.54) is 19.3 Å². The summed E-state index contributed by atoms with van der Waals surface area (Å²) in [5, 5.41) is 9.91. The second-order valence-electron chi connectivity index (χ2n) is 6.61. The molecule has 3 N–H and O–H groups in total. The number of nitrogens with zero attached hydrogens (tertiary/aromatic N) is 1. The fraction of sp³-hybridized carbons (Fsp3) is 0.933. The molecule has 0 bridgehead atoms. The Morgan fingerprint density at radius 2 is 2.05 bits per heavy atom. The molecule has 2 rings (SSSR count). The van der Waals surface area contributed by atoms with Crippen molar-refractivity contribution in [2.75, 3.05) is 19.6 Å². The topological polar surface area (TPSA) is 66.6 Å². The average molecular weight is 268 g/mol. The number of hydrogen-bond acceptors (Lipinski definition) is 3. The van der Waals surface area contributed by atoms with Gasteiger partial charge in [-0.3, -0.25) is 4.79 Å². The second-order valence-corrected chi connectivity index (χ2v) is 6.61. The molecule has 0 radical (unpaired) electrons. The smallest absolute Gasteiger partial charge is 0.223 e. The number of nitrogens with two attached hydrogens (primary N) is 1. The first-order valence-electron chi connectivity index (χ1n) is 7.72. The number of likely N-dealkylation sites (tertiary alicyclic amines) is 1. The number of rotatable bonds is 3. The molecule has 2 atom stereocenters. The Labute approximate surface area is 116 Å². The summed E-state index contributed by atoms with van der Waals surface area (Å²) >= 11 is 0. The van der Waals surface area contributed by atoms with E-state index in [0.717, 1.165) is 25.8 Å². The van der Waals surface area contributed by atoms with E-state index < -0.39 is 0 Å². The van der Waals surface area contributed by atoms with Gasteiger partial charge < -0.3 is 15.7 Å². The number of carbonyl (C=O) groups excluding carboxylic acids is 1. The number of amides is 1. The third-order valence-electron chi connectivity index (χ3n) is 5.14. The average Bonchev–Trinajstić information content (AvgIpc) is 2.43. The van der Waals surface area contributed by atoms with Crippen molar-refractivity contribution < 1.29 is 9.90 Å². The van der Waals surface area contributed by atoms with E-state index in [4.69, 9.17) is 5.73 Å². The van der Waals surface area contributed by atoms with Crippen molar-refractivity contribution in [3.8, 4) is 0 Å². The van der Waals surface area contributed by atoms with Crippen LogP contribution in [0.15, 0.2) is 0 Å². The Morgan fingerprint density at radius 1 is 1.37 bits per heavy atom. The third kappa shape index (κ3) is 3.48. The van der Waals surface area contributed by atoms with Crippen molar-refractivity contribution in [2.45, 2.75) is 58.0 Å². The molecule has 0 aromatic rings. The highest BCUT2D eigenvalue weighted by Crippen LogP contribution is 2.39. The van der Waals surface area contributed by atoms with Crippen LogP contribution in [-0.2, 0) is 4.79 Å². The van der Waals surface area contributed by atoms with Crippen molar-refractivity contribution in [2.24, 2.45) is 17.1 Å². The van der Waals surface area contributed by atoms with Crippen LogP contribution in [-0.4, -0.2) is 41.7 Å². The molecule has 1 heterocycles. The summed E-state index contributed by atoms with van der Waals surface area (Å²) in [6.07, 6.45) is 6.96. The van der Waals surface area contributed by atoms with Gasteiger partial charge in [0.25, 0.3) is 0 Å². The summed E-state index contributed by atoms with van der Waals surface area (Å²) in [4.78, 5) is 14.3. The summed E-state index contributed by atoms with van der Waals surface area (Å²) in [7, 11) is 0. The van der Waals surface area contributed by atoms with Crippen LogP contribution in [0.2, 0.25) is 0 Å². The molecule has 0 spiro atoms. The van der Waals surface area contributed by atoms with Gasteiger partial charge in [0.05, 0.1) is 6.10 Å². The molecule has 19 heavy (non-hydrogen) atoms. The van der Waals surface area contributed by atoms with Crippen molar-refractivity contribution in [3.05, 3.63) is 0 Å². The largest absolute Gasteiger partial charge is 0.391 e. The second kappa shape index (κ2) is 6.23. The maximum atomic E-state index is 12.4. The van der Waals surface area contributed by atoms with E-state index in [1.54, 1.807) is 0 Å². The van der Waals surface area contributed by atoms with Crippen LogP contribution in [0.3, 0.4) is 0 Å². The van der Waals surface area contributed by atoms with Gasteiger partial charge in [0.1, 0.15) is 0 Å². The first-order chi connectivity index (χ1) is 9.06. The molecule has 4 nitrogen and oxygen atoms in total. The Bertz CT molecular complexity index is 313. The molecule has 1 saturated heterocycles. The van der Waals surface area contributed by atoms with E-state index >= 15 is 0 Å². The molecule has 4 heteroatoms. The minimum absolute atomic E-state index is 0.0311. The van der Waals surface area contributed by atoms with E-state index in [9.17, 15) is 9.90 Å². The highest BCUT2D eigenvalue weighted by molar-refractivity contribution is 5.77. The zero-order valence-corrected chi connectivity index (χ0v) is 12.1. The van der Waals surface area contributed by atoms with E-state index in [0.29, 0.717) is 25.4 Å². The summed E-state index contributed by atoms with van der Waals surface area (Å²) < 4.78 is 0. The maximum absolute atomic E-state index is 12.4. The third-order valence-corrected chi connectivity index (χ3v) is 5.14. The number of carbonyl (C=O) groups is 1. The zero-order valence-electron chi connectivity index (χ0n) is 12.1. The normalized spacial score (nSPS) is 31.2. The van der Waals surface area contributed by atoms with Gasteiger partial charge in [0.2, 0.25) is 5.91 Å². The first-order valence-corrected chi connectivity index (χ1v) is 7.72. The lowest BCUT2D eigenvalue weighted by atomic mass is 9.71. The van der Waals surface area contributed by atoms with Crippen LogP contribution >= 0.6 is 0 Å². The number of aliphatic hydroxyl groups excluding tert-OH is 1. The highest BCUT2D eigenvalue weighted by atomic mass is 16.3. The standard InChI is InChI=1S/C15H28N2O2/c1-12-5-8-17(10-13(12)18)14(19)9-15(11-16)6-3-2-4-7-15/h12-13,18H,2-11,16H2,1H3. The quantitative estimate of drug-likeness (QED) is 0.815. The summed E-state index contributed by atoms with van der Waals surface area (Å²) in [6.45, 7) is 3.96. The molecular formula is C15H28N2O2. The van der Waals surface area contributed by atoms with Crippen molar-refractivity contribution in [1.29, 1.82) is 0 Å². The lowest BCUT2D eigenvalue weighted by Gasteiger charge is -2.39. The summed E-state index contributed by atoms with van der Waals surface area (Å²) in [6, 6.07) is 0. The number of β-amino-alcohol motifs (C(OH)–C–C–N with tert-alkyl or cyclic N) is 1. The minimum atomic E-state index is -0.363. The predicted molar refractivity (Wildman–Crippen MR) is 75.6 cm³/mol. The first kappa shape index (κ1) is 14.8. The van der Waals surface area contributed by atoms with E-state index in [2.05, 4.69) is 6.92 Å². The van der Waals surface area contributed by atoms with Crippen LogP contribution in [0.4, 0.5) is 0 Å². The number of piperidine rings is 1. The monoisotopic (exact) mass is 268 g/mol. The van der Waals surface area contributed by atoms with Crippen molar-refractivity contribution >= 4 is 5.91 Å². The summed E-state index contributed by atoms with van der Waals surface area (Å²) in [5.41, 5.74) is 5.98. The van der Waals surface area contributed by atoms with Gasteiger partial charge >= 0.3 is 0 Å². The van der Waals surface area contributed by atoms with E-state index in [1.807, 2.05) is 4.90 Å². The molecule has 1 aliphatic carbocycles. The lowest BCUT2D eigenvalue weighted by molar-refractivity contribution is -0.138. The maximum Gasteiger partial charge on any atom is 0.223 e. The van der Waals surface area contributed by atoms with Gasteiger partial charge in [-0.1, -0.05) is 26.2 Å². The molecule has 1 amide bonds. The molecule has 1 aliphatic heterocycles. The van der Waals surface area contributed by atoms with Crippen LogP contribution in [0.25, 0.3) is 0 Å². The zero-order chi connectivity index (χ0) is 13.9. The lowest BCUT2D eigenvalue weighted by Crippen LogP contribution is -2.48. The molecule has 2 unspecified atom stereocenters. The highest BCUT2D eigenvalue weighted by Gasteiger charge is 2.36. The van der Waals surface area contributed by atoms with Gasteiger partial charge in [-0.25, -0.2) is 0 Å². The van der Waals surface area contributed by atoms with Crippen molar-refractivity contribution in [1.82, 2.24) is 4.90 Å². The molecule has 2 fully saturated rings. The van der Waals surface area contributed by atoms with Crippen LogP contribution in [0, 0.1) is 11.3 Å². The Hall–Kier alpha value is -0.610. The number of aliphatic hydroxyl groups is 1. The molecule has 110 valence electrons.